The Balaban J connectivity index is 2.15. The molecule has 0 radical (unpaired) electrons. The Bertz CT molecular complexity index is 1000. The lowest BCUT2D eigenvalue weighted by Crippen LogP contribution is -2.50. The van der Waals surface area contributed by atoms with Gasteiger partial charge in [0.25, 0.3) is 0 Å². The van der Waals surface area contributed by atoms with E-state index in [2.05, 4.69) is 0 Å². The van der Waals surface area contributed by atoms with Gasteiger partial charge < -0.3 is 14.7 Å². The molecule has 0 aliphatic carbocycles. The summed E-state index contributed by atoms with van der Waals surface area (Å²) in [6.07, 6.45) is 0. The van der Waals surface area contributed by atoms with Crippen LogP contribution in [0.15, 0.2) is 53.4 Å². The molecular formula is C19H20N2O6S. The average molecular weight is 404 g/mol. The third-order valence-electron chi connectivity index (χ3n) is 4.61. The molecule has 2 aromatic rings. The number of esters is 1. The van der Waals surface area contributed by atoms with Gasteiger partial charge >= 0.3 is 5.97 Å². The molecule has 1 aliphatic heterocycles. The molecule has 9 heteroatoms. The fourth-order valence-electron chi connectivity index (χ4n) is 3.18. The average Bonchev–Trinajstić information content (AvgIpc) is 2.85. The molecule has 0 bridgehead atoms. The molecule has 148 valence electrons. The normalized spacial score (nSPS) is 17.5. The van der Waals surface area contributed by atoms with E-state index in [4.69, 9.17) is 4.74 Å². The number of para-hydroxylation sites is 1. The molecule has 8 nitrogen and oxygen atoms in total. The van der Waals surface area contributed by atoms with E-state index in [-0.39, 0.29) is 29.6 Å². The van der Waals surface area contributed by atoms with Crippen LogP contribution in [0.5, 0.6) is 5.75 Å². The lowest BCUT2D eigenvalue weighted by molar-refractivity contribution is -0.144. The molecule has 28 heavy (non-hydrogen) atoms. The van der Waals surface area contributed by atoms with Crippen molar-refractivity contribution in [2.45, 2.75) is 24.4 Å². The molecule has 1 heterocycles. The number of nitrogens with zero attached hydrogens (tertiary/aromatic N) is 2. The fraction of sp³-hybridized carbons (Fsp3) is 0.263. The minimum atomic E-state index is -4.11. The molecule has 1 aliphatic rings. The van der Waals surface area contributed by atoms with Crippen LogP contribution in [0.1, 0.15) is 12.5 Å². The van der Waals surface area contributed by atoms with Gasteiger partial charge in [0.05, 0.1) is 18.6 Å². The number of aromatic hydroxyl groups is 1. The van der Waals surface area contributed by atoms with Crippen molar-refractivity contribution in [1.82, 2.24) is 4.31 Å². The van der Waals surface area contributed by atoms with Crippen LogP contribution >= 0.6 is 0 Å². The molecule has 0 spiro atoms. The summed E-state index contributed by atoms with van der Waals surface area (Å²) in [7, 11) is -2.94. The Kier molecular flexibility index (Phi) is 5.39. The standard InChI is InChI=1S/C19H20N2O6S/c1-13(22)20-12-18(19(24)27-2)21(11-14-5-3-4-6-17(14)20)28(25,26)16-9-7-15(23)8-10-16/h3-10,18,23H,11-12H2,1-2H3. The van der Waals surface area contributed by atoms with Gasteiger partial charge in [0, 0.05) is 19.2 Å². The SMILES string of the molecule is COC(=O)C1CN(C(C)=O)c2ccccc2CN1S(=O)(=O)c1ccc(O)cc1. The van der Waals surface area contributed by atoms with Crippen molar-refractivity contribution < 1.29 is 27.9 Å². The quantitative estimate of drug-likeness (QED) is 0.778. The van der Waals surface area contributed by atoms with Gasteiger partial charge in [-0.15, -0.1) is 0 Å². The van der Waals surface area contributed by atoms with Crippen LogP contribution in [0, 0.1) is 0 Å². The van der Waals surface area contributed by atoms with Gasteiger partial charge in [0.15, 0.2) is 0 Å². The number of methoxy groups -OCH3 is 1. The van der Waals surface area contributed by atoms with Gasteiger partial charge in [0.2, 0.25) is 15.9 Å². The lowest BCUT2D eigenvalue weighted by atomic mass is 10.1. The Labute approximate surface area is 163 Å². The van der Waals surface area contributed by atoms with E-state index < -0.39 is 22.0 Å². The zero-order valence-corrected chi connectivity index (χ0v) is 16.2. The molecule has 1 atom stereocenters. The second-order valence-electron chi connectivity index (χ2n) is 6.34. The van der Waals surface area contributed by atoms with Crippen LogP contribution in [-0.2, 0) is 30.9 Å². The number of hydrogen-bond donors (Lipinski definition) is 1. The van der Waals surface area contributed by atoms with Gasteiger partial charge in [-0.1, -0.05) is 18.2 Å². The van der Waals surface area contributed by atoms with Crippen molar-refractivity contribution in [2.24, 2.45) is 0 Å². The van der Waals surface area contributed by atoms with Crippen molar-refractivity contribution in [3.8, 4) is 5.75 Å². The number of phenolic OH excluding ortho intramolecular Hbond substituents is 1. The van der Waals surface area contributed by atoms with Crippen molar-refractivity contribution in [3.05, 3.63) is 54.1 Å². The monoisotopic (exact) mass is 404 g/mol. The molecule has 1 amide bonds. The highest BCUT2D eigenvalue weighted by molar-refractivity contribution is 7.89. The first-order valence-corrected chi connectivity index (χ1v) is 9.94. The number of carbonyl (C=O) groups excluding carboxylic acids is 2. The Morgan fingerprint density at radius 3 is 2.36 bits per heavy atom. The smallest absolute Gasteiger partial charge is 0.326 e. The van der Waals surface area contributed by atoms with Crippen molar-refractivity contribution in [3.63, 3.8) is 0 Å². The predicted molar refractivity (Wildman–Crippen MR) is 101 cm³/mol. The van der Waals surface area contributed by atoms with Crippen LogP contribution in [0.3, 0.4) is 0 Å². The van der Waals surface area contributed by atoms with Gasteiger partial charge in [-0.3, -0.25) is 9.59 Å². The summed E-state index contributed by atoms with van der Waals surface area (Å²) < 4.78 is 32.5. The highest BCUT2D eigenvalue weighted by Gasteiger charge is 2.41. The fourth-order valence-corrected chi connectivity index (χ4v) is 4.73. The number of fused-ring (bicyclic) bond motifs is 1. The maximum atomic E-state index is 13.3. The topological polar surface area (TPSA) is 104 Å². The summed E-state index contributed by atoms with van der Waals surface area (Å²) >= 11 is 0. The molecule has 0 saturated carbocycles. The van der Waals surface area contributed by atoms with Crippen LogP contribution in [-0.4, -0.2) is 49.4 Å². The van der Waals surface area contributed by atoms with Crippen molar-refractivity contribution in [1.29, 1.82) is 0 Å². The molecule has 1 N–H and O–H groups in total. The minimum absolute atomic E-state index is 0.0760. The lowest BCUT2D eigenvalue weighted by Gasteiger charge is -2.28. The van der Waals surface area contributed by atoms with E-state index in [1.165, 1.54) is 43.2 Å². The number of carbonyl (C=O) groups is 2. The van der Waals surface area contributed by atoms with Crippen molar-refractivity contribution >= 4 is 27.6 Å². The highest BCUT2D eigenvalue weighted by Crippen LogP contribution is 2.31. The maximum absolute atomic E-state index is 13.3. The summed E-state index contributed by atoms with van der Waals surface area (Å²) in [4.78, 5) is 26.0. The van der Waals surface area contributed by atoms with Crippen LogP contribution < -0.4 is 4.90 Å². The number of phenols is 1. The third kappa shape index (κ3) is 3.58. The predicted octanol–water partition coefficient (Wildman–Crippen LogP) is 1.49. The summed E-state index contributed by atoms with van der Waals surface area (Å²) in [5.41, 5.74) is 1.14. The molecule has 2 aromatic carbocycles. The van der Waals surface area contributed by atoms with Crippen LogP contribution in [0.25, 0.3) is 0 Å². The largest absolute Gasteiger partial charge is 0.508 e. The van der Waals surface area contributed by atoms with Gasteiger partial charge in [-0.2, -0.15) is 4.31 Å². The first-order chi connectivity index (χ1) is 13.3. The minimum Gasteiger partial charge on any atom is -0.508 e. The number of anilines is 1. The van der Waals surface area contributed by atoms with E-state index in [1.54, 1.807) is 24.3 Å². The van der Waals surface area contributed by atoms with Gasteiger partial charge in [-0.05, 0) is 35.9 Å². The van der Waals surface area contributed by atoms with Gasteiger partial charge in [0.1, 0.15) is 11.8 Å². The summed E-state index contributed by atoms with van der Waals surface area (Å²) in [5.74, 6) is -1.15. The number of amides is 1. The second kappa shape index (κ2) is 7.61. The van der Waals surface area contributed by atoms with E-state index in [0.717, 1.165) is 4.31 Å². The Morgan fingerprint density at radius 1 is 1.11 bits per heavy atom. The van der Waals surface area contributed by atoms with E-state index in [9.17, 15) is 23.1 Å². The Hall–Kier alpha value is -2.91. The summed E-state index contributed by atoms with van der Waals surface area (Å²) in [5, 5.41) is 9.46. The molecular weight excluding hydrogens is 384 g/mol. The second-order valence-corrected chi connectivity index (χ2v) is 8.23. The first kappa shape index (κ1) is 19.8. The van der Waals surface area contributed by atoms with E-state index in [1.807, 2.05) is 0 Å². The van der Waals surface area contributed by atoms with Crippen LogP contribution in [0.4, 0.5) is 5.69 Å². The number of benzene rings is 2. The van der Waals surface area contributed by atoms with E-state index in [0.29, 0.717) is 11.3 Å². The number of hydrogen-bond acceptors (Lipinski definition) is 6. The molecule has 0 fully saturated rings. The number of rotatable bonds is 3. The summed E-state index contributed by atoms with van der Waals surface area (Å²) in [6, 6.07) is 10.7. The maximum Gasteiger partial charge on any atom is 0.326 e. The molecule has 1 unspecified atom stereocenters. The molecule has 3 rings (SSSR count). The number of sulfonamides is 1. The highest BCUT2D eigenvalue weighted by atomic mass is 32.2. The zero-order valence-electron chi connectivity index (χ0n) is 15.4. The van der Waals surface area contributed by atoms with Crippen LogP contribution in [0.2, 0.25) is 0 Å². The van der Waals surface area contributed by atoms with Gasteiger partial charge in [-0.25, -0.2) is 8.42 Å². The Morgan fingerprint density at radius 2 is 1.75 bits per heavy atom. The number of ether oxygens (including phenoxy) is 1. The summed E-state index contributed by atoms with van der Waals surface area (Å²) in [6.45, 7) is 1.08. The van der Waals surface area contributed by atoms with E-state index >= 15 is 0 Å². The third-order valence-corrected chi connectivity index (χ3v) is 6.48. The molecule has 0 saturated heterocycles. The van der Waals surface area contributed by atoms with Crippen molar-refractivity contribution in [2.75, 3.05) is 18.6 Å². The first-order valence-electron chi connectivity index (χ1n) is 8.50. The zero-order chi connectivity index (χ0) is 20.5. The molecule has 0 aromatic heterocycles.